The fourth-order valence-corrected chi connectivity index (χ4v) is 2.22. The summed E-state index contributed by atoms with van der Waals surface area (Å²) in [6, 6.07) is 0. The van der Waals surface area contributed by atoms with E-state index in [1.54, 1.807) is 0 Å². The van der Waals surface area contributed by atoms with Crippen LogP contribution in [-0.2, 0) is 4.74 Å². The van der Waals surface area contributed by atoms with E-state index in [0.717, 1.165) is 39.3 Å². The van der Waals surface area contributed by atoms with Gasteiger partial charge >= 0.3 is 0 Å². The summed E-state index contributed by atoms with van der Waals surface area (Å²) in [6.45, 7) is 4.75. The molecule has 0 aromatic carbocycles. The molecule has 2 rings (SSSR count). The zero-order chi connectivity index (χ0) is 10.7. The second-order valence-electron chi connectivity index (χ2n) is 4.66. The molecule has 0 spiro atoms. The largest absolute Gasteiger partial charge is 0.409 e. The Balaban J connectivity index is 1.82. The van der Waals surface area contributed by atoms with Crippen molar-refractivity contribution in [3.05, 3.63) is 0 Å². The van der Waals surface area contributed by atoms with Gasteiger partial charge in [0.05, 0.1) is 13.2 Å². The van der Waals surface area contributed by atoms with Gasteiger partial charge in [-0.3, -0.25) is 4.90 Å². The molecule has 1 aliphatic carbocycles. The fourth-order valence-electron chi connectivity index (χ4n) is 2.22. The summed E-state index contributed by atoms with van der Waals surface area (Å²) in [5.74, 6) is 0.362. The summed E-state index contributed by atoms with van der Waals surface area (Å²) >= 11 is 0. The van der Waals surface area contributed by atoms with Crippen molar-refractivity contribution in [3.8, 4) is 0 Å². The van der Waals surface area contributed by atoms with Crippen molar-refractivity contribution in [3.63, 3.8) is 0 Å². The Hall–Kier alpha value is -0.810. The van der Waals surface area contributed by atoms with Crippen LogP contribution < -0.4 is 5.73 Å². The van der Waals surface area contributed by atoms with Gasteiger partial charge in [-0.1, -0.05) is 5.16 Å². The average Bonchev–Trinajstić information content (AvgIpc) is 2.99. The quantitative estimate of drug-likeness (QED) is 0.303. The highest BCUT2D eigenvalue weighted by molar-refractivity contribution is 5.80. The molecule has 2 fully saturated rings. The van der Waals surface area contributed by atoms with E-state index in [1.807, 2.05) is 0 Å². The number of nitrogens with zero attached hydrogens (tertiary/aromatic N) is 2. The van der Waals surface area contributed by atoms with E-state index >= 15 is 0 Å². The molecule has 1 aliphatic heterocycles. The monoisotopic (exact) mass is 213 g/mol. The minimum atomic E-state index is 0.285. The van der Waals surface area contributed by atoms with Crippen molar-refractivity contribution in [2.24, 2.45) is 16.3 Å². The summed E-state index contributed by atoms with van der Waals surface area (Å²) < 4.78 is 5.31. The zero-order valence-electron chi connectivity index (χ0n) is 8.98. The molecule has 1 saturated carbocycles. The highest BCUT2D eigenvalue weighted by Gasteiger charge is 2.44. The SMILES string of the molecule is NC(CC1(CN2CCOCC2)CC1)=NO. The second-order valence-corrected chi connectivity index (χ2v) is 4.66. The molecule has 5 heteroatoms. The molecule has 0 bridgehead atoms. The van der Waals surface area contributed by atoms with Gasteiger partial charge in [-0.15, -0.1) is 0 Å². The van der Waals surface area contributed by atoms with E-state index in [9.17, 15) is 0 Å². The number of hydrogen-bond donors (Lipinski definition) is 2. The number of morpholine rings is 1. The van der Waals surface area contributed by atoms with Gasteiger partial charge in [-0.25, -0.2) is 0 Å². The van der Waals surface area contributed by atoms with Crippen LogP contribution in [0.2, 0.25) is 0 Å². The summed E-state index contributed by atoms with van der Waals surface area (Å²) in [6.07, 6.45) is 3.11. The van der Waals surface area contributed by atoms with Crippen LogP contribution in [0.15, 0.2) is 5.16 Å². The van der Waals surface area contributed by atoms with E-state index in [1.165, 1.54) is 12.8 Å². The Morgan fingerprint density at radius 2 is 2.07 bits per heavy atom. The maximum atomic E-state index is 8.56. The van der Waals surface area contributed by atoms with Crippen molar-refractivity contribution in [2.45, 2.75) is 19.3 Å². The van der Waals surface area contributed by atoms with Crippen LogP contribution >= 0.6 is 0 Å². The van der Waals surface area contributed by atoms with Gasteiger partial charge in [0.1, 0.15) is 5.84 Å². The van der Waals surface area contributed by atoms with E-state index in [0.29, 0.717) is 5.84 Å². The molecule has 5 nitrogen and oxygen atoms in total. The maximum absolute atomic E-state index is 8.56. The third-order valence-corrected chi connectivity index (χ3v) is 3.30. The Labute approximate surface area is 89.9 Å². The average molecular weight is 213 g/mol. The number of ether oxygens (including phenoxy) is 1. The first-order valence-electron chi connectivity index (χ1n) is 5.51. The molecule has 2 aliphatic rings. The first kappa shape index (κ1) is 10.7. The lowest BCUT2D eigenvalue weighted by Crippen LogP contribution is -2.40. The second kappa shape index (κ2) is 4.37. The van der Waals surface area contributed by atoms with Gasteiger partial charge in [-0.2, -0.15) is 0 Å². The number of amidine groups is 1. The smallest absolute Gasteiger partial charge is 0.139 e. The number of nitrogens with two attached hydrogens (primary N) is 1. The summed E-state index contributed by atoms with van der Waals surface area (Å²) in [7, 11) is 0. The van der Waals surface area contributed by atoms with Crippen molar-refractivity contribution in [1.29, 1.82) is 0 Å². The van der Waals surface area contributed by atoms with E-state index in [-0.39, 0.29) is 5.41 Å². The molecule has 15 heavy (non-hydrogen) atoms. The van der Waals surface area contributed by atoms with E-state index in [4.69, 9.17) is 15.7 Å². The molecule has 0 unspecified atom stereocenters. The molecule has 3 N–H and O–H groups in total. The van der Waals surface area contributed by atoms with Crippen LogP contribution in [0.3, 0.4) is 0 Å². The van der Waals surface area contributed by atoms with Crippen molar-refractivity contribution < 1.29 is 9.94 Å². The molecule has 1 heterocycles. The maximum Gasteiger partial charge on any atom is 0.139 e. The summed E-state index contributed by atoms with van der Waals surface area (Å²) in [4.78, 5) is 2.42. The standard InChI is InChI=1S/C10H19N3O2/c11-9(12-14)7-10(1-2-10)8-13-3-5-15-6-4-13/h14H,1-8H2,(H2,11,12). The predicted molar refractivity (Wildman–Crippen MR) is 57.0 cm³/mol. The number of hydrogen-bond acceptors (Lipinski definition) is 4. The van der Waals surface area contributed by atoms with Gasteiger partial charge in [0.2, 0.25) is 0 Å². The van der Waals surface area contributed by atoms with Gasteiger partial charge in [-0.05, 0) is 18.3 Å². The summed E-state index contributed by atoms with van der Waals surface area (Å²) in [5.41, 5.74) is 5.85. The Morgan fingerprint density at radius 1 is 1.40 bits per heavy atom. The molecule has 0 aromatic rings. The van der Waals surface area contributed by atoms with Gasteiger partial charge in [0, 0.05) is 26.1 Å². The molecular formula is C10H19N3O2. The predicted octanol–water partition coefficient (Wildman–Crippen LogP) is 0.235. The van der Waals surface area contributed by atoms with E-state index in [2.05, 4.69) is 10.1 Å². The first-order chi connectivity index (χ1) is 7.24. The van der Waals surface area contributed by atoms with Crippen LogP contribution in [0.25, 0.3) is 0 Å². The summed E-state index contributed by atoms with van der Waals surface area (Å²) in [5, 5.41) is 11.6. The topological polar surface area (TPSA) is 71.1 Å². The van der Waals surface area contributed by atoms with Crippen LogP contribution in [0.4, 0.5) is 0 Å². The van der Waals surface area contributed by atoms with Gasteiger partial charge in [0.25, 0.3) is 0 Å². The van der Waals surface area contributed by atoms with Crippen LogP contribution in [-0.4, -0.2) is 48.8 Å². The highest BCUT2D eigenvalue weighted by Crippen LogP contribution is 2.49. The third kappa shape index (κ3) is 2.82. The molecule has 0 radical (unpaired) electrons. The van der Waals surface area contributed by atoms with Gasteiger partial charge < -0.3 is 15.7 Å². The van der Waals surface area contributed by atoms with Crippen molar-refractivity contribution >= 4 is 5.84 Å². The minimum absolute atomic E-state index is 0.285. The molecular weight excluding hydrogens is 194 g/mol. The lowest BCUT2D eigenvalue weighted by molar-refractivity contribution is 0.0289. The third-order valence-electron chi connectivity index (χ3n) is 3.30. The molecule has 86 valence electrons. The van der Waals surface area contributed by atoms with E-state index < -0.39 is 0 Å². The van der Waals surface area contributed by atoms with Crippen LogP contribution in [0.5, 0.6) is 0 Å². The molecule has 0 aromatic heterocycles. The number of rotatable bonds is 4. The number of oxime groups is 1. The molecule has 1 saturated heterocycles. The lowest BCUT2D eigenvalue weighted by atomic mass is 10.0. The van der Waals surface area contributed by atoms with Crippen LogP contribution in [0, 0.1) is 5.41 Å². The normalized spacial score (nSPS) is 26.5. The van der Waals surface area contributed by atoms with Crippen molar-refractivity contribution in [1.82, 2.24) is 4.90 Å². The lowest BCUT2D eigenvalue weighted by Gasteiger charge is -2.30. The Bertz CT molecular complexity index is 245. The van der Waals surface area contributed by atoms with Crippen LogP contribution in [0.1, 0.15) is 19.3 Å². The Morgan fingerprint density at radius 3 is 2.60 bits per heavy atom. The molecule has 0 atom stereocenters. The first-order valence-corrected chi connectivity index (χ1v) is 5.51. The molecule has 0 amide bonds. The highest BCUT2D eigenvalue weighted by atomic mass is 16.5. The minimum Gasteiger partial charge on any atom is -0.409 e. The Kier molecular flexibility index (Phi) is 3.11. The zero-order valence-corrected chi connectivity index (χ0v) is 8.98. The van der Waals surface area contributed by atoms with Gasteiger partial charge in [0.15, 0.2) is 0 Å². The van der Waals surface area contributed by atoms with Crippen molar-refractivity contribution in [2.75, 3.05) is 32.8 Å². The fraction of sp³-hybridized carbons (Fsp3) is 0.900.